The Balaban J connectivity index is 2.46. The maximum atomic E-state index is 11.6. The second-order valence-electron chi connectivity index (χ2n) is 4.14. The average Bonchev–Trinajstić information content (AvgIpc) is 2.37. The molecule has 0 saturated carbocycles. The van der Waals surface area contributed by atoms with Crippen molar-refractivity contribution in [3.63, 3.8) is 0 Å². The van der Waals surface area contributed by atoms with Crippen LogP contribution in [-0.4, -0.2) is 17.6 Å². The van der Waals surface area contributed by atoms with Crippen molar-refractivity contribution < 1.29 is 9.53 Å². The molecule has 0 N–H and O–H groups in total. The fourth-order valence-electron chi connectivity index (χ4n) is 1.46. The minimum absolute atomic E-state index is 0.319. The molecule has 0 fully saturated rings. The molecule has 1 aromatic heterocycles. The van der Waals surface area contributed by atoms with E-state index in [1.807, 2.05) is 6.07 Å². The first-order valence-corrected chi connectivity index (χ1v) is 6.40. The van der Waals surface area contributed by atoms with Crippen LogP contribution in [0.5, 0.6) is 0 Å². The Hall–Kier alpha value is -1.38. The van der Waals surface area contributed by atoms with Crippen LogP contribution >= 0.6 is 0 Å². The van der Waals surface area contributed by atoms with E-state index >= 15 is 0 Å². The van der Waals surface area contributed by atoms with Crippen molar-refractivity contribution in [2.75, 3.05) is 6.61 Å². The molecule has 0 unspecified atom stereocenters. The lowest BCUT2D eigenvalue weighted by Gasteiger charge is -2.04. The van der Waals surface area contributed by atoms with Gasteiger partial charge in [0, 0.05) is 6.20 Å². The summed E-state index contributed by atoms with van der Waals surface area (Å²) in [5, 5.41) is 0. The van der Waals surface area contributed by atoms with E-state index in [2.05, 4.69) is 18.8 Å². The summed E-state index contributed by atoms with van der Waals surface area (Å²) in [6, 6.07) is 3.71. The Labute approximate surface area is 103 Å². The van der Waals surface area contributed by atoms with Crippen LogP contribution in [0.25, 0.3) is 0 Å². The van der Waals surface area contributed by atoms with Crippen LogP contribution in [-0.2, 0) is 11.2 Å². The van der Waals surface area contributed by atoms with Gasteiger partial charge in [0.25, 0.3) is 0 Å². The molecule has 0 aliphatic heterocycles. The summed E-state index contributed by atoms with van der Waals surface area (Å²) in [4.78, 5) is 15.7. The molecular formula is C14H21NO2. The molecule has 1 aromatic rings. The third kappa shape index (κ3) is 4.98. The number of carbonyl (C=O) groups is 1. The molecule has 0 saturated heterocycles. The van der Waals surface area contributed by atoms with Gasteiger partial charge in [0.2, 0.25) is 0 Å². The molecule has 0 atom stereocenters. The number of aryl methyl sites for hydroxylation is 1. The molecule has 0 aliphatic rings. The highest BCUT2D eigenvalue weighted by Crippen LogP contribution is 2.06. The van der Waals surface area contributed by atoms with Crippen LogP contribution in [0.15, 0.2) is 18.3 Å². The first-order chi connectivity index (χ1) is 8.27. The molecule has 0 aliphatic carbocycles. The summed E-state index contributed by atoms with van der Waals surface area (Å²) < 4.78 is 5.09. The predicted octanol–water partition coefficient (Wildman–Crippen LogP) is 3.38. The molecule has 0 bridgehead atoms. The van der Waals surface area contributed by atoms with E-state index in [-0.39, 0.29) is 5.97 Å². The van der Waals surface area contributed by atoms with Gasteiger partial charge in [-0.05, 0) is 30.9 Å². The van der Waals surface area contributed by atoms with Gasteiger partial charge in [-0.1, -0.05) is 32.8 Å². The third-order valence-corrected chi connectivity index (χ3v) is 2.58. The molecular weight excluding hydrogens is 214 g/mol. The fourth-order valence-corrected chi connectivity index (χ4v) is 1.46. The minimum atomic E-state index is -0.319. The monoisotopic (exact) mass is 235 g/mol. The van der Waals surface area contributed by atoms with Gasteiger partial charge in [-0.15, -0.1) is 0 Å². The lowest BCUT2D eigenvalue weighted by Crippen LogP contribution is -2.08. The number of ether oxygens (including phenoxy) is 1. The highest BCUT2D eigenvalue weighted by atomic mass is 16.5. The summed E-state index contributed by atoms with van der Waals surface area (Å²) >= 11 is 0. The molecule has 0 radical (unpaired) electrons. The standard InChI is InChI=1S/C14H21NO2/c1-3-5-7-12-8-9-13(15-11-12)14(16)17-10-6-4-2/h8-9,11H,3-7,10H2,1-2H3. The van der Waals surface area contributed by atoms with E-state index in [0.29, 0.717) is 12.3 Å². The zero-order chi connectivity index (χ0) is 12.5. The number of aromatic nitrogens is 1. The summed E-state index contributed by atoms with van der Waals surface area (Å²) in [5.74, 6) is -0.319. The Morgan fingerprint density at radius 2 is 2.00 bits per heavy atom. The molecule has 94 valence electrons. The summed E-state index contributed by atoms with van der Waals surface area (Å²) in [6.45, 7) is 4.70. The Kier molecular flexibility index (Phi) is 6.30. The zero-order valence-corrected chi connectivity index (χ0v) is 10.7. The first-order valence-electron chi connectivity index (χ1n) is 6.40. The number of hydrogen-bond donors (Lipinski definition) is 0. The van der Waals surface area contributed by atoms with Crippen molar-refractivity contribution in [3.8, 4) is 0 Å². The molecule has 0 spiro atoms. The van der Waals surface area contributed by atoms with Crippen molar-refractivity contribution in [2.24, 2.45) is 0 Å². The Morgan fingerprint density at radius 1 is 1.24 bits per heavy atom. The molecule has 1 rings (SSSR count). The highest BCUT2D eigenvalue weighted by Gasteiger charge is 2.07. The number of hydrogen-bond acceptors (Lipinski definition) is 3. The van der Waals surface area contributed by atoms with Crippen LogP contribution < -0.4 is 0 Å². The van der Waals surface area contributed by atoms with Crippen molar-refractivity contribution >= 4 is 5.97 Å². The average molecular weight is 235 g/mol. The van der Waals surface area contributed by atoms with Crippen molar-refractivity contribution in [1.29, 1.82) is 0 Å². The number of unbranched alkanes of at least 4 members (excludes halogenated alkanes) is 2. The van der Waals surface area contributed by atoms with Gasteiger partial charge < -0.3 is 4.74 Å². The highest BCUT2D eigenvalue weighted by molar-refractivity contribution is 5.87. The molecule has 17 heavy (non-hydrogen) atoms. The van der Waals surface area contributed by atoms with Crippen molar-refractivity contribution in [1.82, 2.24) is 4.98 Å². The van der Waals surface area contributed by atoms with E-state index in [0.717, 1.165) is 25.7 Å². The van der Waals surface area contributed by atoms with Gasteiger partial charge >= 0.3 is 5.97 Å². The maximum absolute atomic E-state index is 11.6. The summed E-state index contributed by atoms with van der Waals surface area (Å²) in [5.41, 5.74) is 1.58. The second kappa shape index (κ2) is 7.82. The van der Waals surface area contributed by atoms with E-state index in [4.69, 9.17) is 4.74 Å². The largest absolute Gasteiger partial charge is 0.461 e. The zero-order valence-electron chi connectivity index (χ0n) is 10.7. The smallest absolute Gasteiger partial charge is 0.356 e. The van der Waals surface area contributed by atoms with E-state index in [1.165, 1.54) is 12.0 Å². The van der Waals surface area contributed by atoms with Gasteiger partial charge in [0.15, 0.2) is 0 Å². The van der Waals surface area contributed by atoms with Crippen LogP contribution in [0.1, 0.15) is 55.6 Å². The fraction of sp³-hybridized carbons (Fsp3) is 0.571. The van der Waals surface area contributed by atoms with E-state index < -0.39 is 0 Å². The molecule has 3 nitrogen and oxygen atoms in total. The van der Waals surface area contributed by atoms with Gasteiger partial charge in [-0.3, -0.25) is 0 Å². The first kappa shape index (κ1) is 13.7. The lowest BCUT2D eigenvalue weighted by atomic mass is 10.1. The normalized spacial score (nSPS) is 10.2. The molecule has 0 amide bonds. The minimum Gasteiger partial charge on any atom is -0.461 e. The van der Waals surface area contributed by atoms with Crippen LogP contribution in [0.4, 0.5) is 0 Å². The number of rotatable bonds is 7. The van der Waals surface area contributed by atoms with Crippen LogP contribution in [0, 0.1) is 0 Å². The Morgan fingerprint density at radius 3 is 2.59 bits per heavy atom. The molecule has 3 heteroatoms. The van der Waals surface area contributed by atoms with E-state index in [1.54, 1.807) is 12.3 Å². The third-order valence-electron chi connectivity index (χ3n) is 2.58. The van der Waals surface area contributed by atoms with Crippen molar-refractivity contribution in [2.45, 2.75) is 46.0 Å². The molecule has 0 aromatic carbocycles. The number of pyridine rings is 1. The van der Waals surface area contributed by atoms with E-state index in [9.17, 15) is 4.79 Å². The van der Waals surface area contributed by atoms with Gasteiger partial charge in [-0.2, -0.15) is 0 Å². The number of esters is 1. The predicted molar refractivity (Wildman–Crippen MR) is 68.0 cm³/mol. The summed E-state index contributed by atoms with van der Waals surface area (Å²) in [7, 11) is 0. The lowest BCUT2D eigenvalue weighted by molar-refractivity contribution is 0.0493. The quantitative estimate of drug-likeness (QED) is 0.537. The Bertz CT molecular complexity index is 333. The summed E-state index contributed by atoms with van der Waals surface area (Å²) in [6.07, 6.45) is 7.04. The number of carbonyl (C=O) groups excluding carboxylic acids is 1. The SMILES string of the molecule is CCCCOC(=O)c1ccc(CCCC)cn1. The van der Waals surface area contributed by atoms with Crippen LogP contribution in [0.3, 0.4) is 0 Å². The molecule has 1 heterocycles. The van der Waals surface area contributed by atoms with Gasteiger partial charge in [-0.25, -0.2) is 9.78 Å². The van der Waals surface area contributed by atoms with Gasteiger partial charge in [0.1, 0.15) is 5.69 Å². The van der Waals surface area contributed by atoms with Crippen molar-refractivity contribution in [3.05, 3.63) is 29.6 Å². The number of nitrogens with zero attached hydrogens (tertiary/aromatic N) is 1. The second-order valence-corrected chi connectivity index (χ2v) is 4.14. The maximum Gasteiger partial charge on any atom is 0.356 e. The topological polar surface area (TPSA) is 39.2 Å². The van der Waals surface area contributed by atoms with Crippen LogP contribution in [0.2, 0.25) is 0 Å². The van der Waals surface area contributed by atoms with Gasteiger partial charge in [0.05, 0.1) is 6.61 Å².